The summed E-state index contributed by atoms with van der Waals surface area (Å²) >= 11 is 0. The van der Waals surface area contributed by atoms with Crippen LogP contribution >= 0.6 is 0 Å². The van der Waals surface area contributed by atoms with Crippen molar-refractivity contribution < 1.29 is 21.9 Å². The summed E-state index contributed by atoms with van der Waals surface area (Å²) in [5.74, 6) is -2.09. The molecule has 0 radical (unpaired) electrons. The van der Waals surface area contributed by atoms with Crippen molar-refractivity contribution in [1.82, 2.24) is 9.55 Å². The summed E-state index contributed by atoms with van der Waals surface area (Å²) in [6, 6.07) is 7.17. The first-order valence-electron chi connectivity index (χ1n) is 9.30. The first kappa shape index (κ1) is 22.4. The van der Waals surface area contributed by atoms with Crippen LogP contribution in [0.4, 0.5) is 14.5 Å². The summed E-state index contributed by atoms with van der Waals surface area (Å²) < 4.78 is 61.2. The molecule has 2 heterocycles. The van der Waals surface area contributed by atoms with Crippen molar-refractivity contribution in [2.45, 2.75) is 26.0 Å². The van der Waals surface area contributed by atoms with Crippen molar-refractivity contribution in [3.63, 3.8) is 0 Å². The minimum atomic E-state index is -3.69. The van der Waals surface area contributed by atoms with E-state index in [1.807, 2.05) is 0 Å². The van der Waals surface area contributed by atoms with Gasteiger partial charge >= 0.3 is 0 Å². The minimum Gasteiger partial charge on any atom is -0.436 e. The third-order valence-corrected chi connectivity index (χ3v) is 6.21. The van der Waals surface area contributed by atoms with Gasteiger partial charge in [0, 0.05) is 36.5 Å². The van der Waals surface area contributed by atoms with E-state index >= 15 is 0 Å². The van der Waals surface area contributed by atoms with Gasteiger partial charge in [0.1, 0.15) is 5.82 Å². The molecule has 1 N–H and O–H groups in total. The lowest BCUT2D eigenvalue weighted by Gasteiger charge is -2.14. The highest BCUT2D eigenvalue weighted by Crippen LogP contribution is 2.30. The predicted octanol–water partition coefficient (Wildman–Crippen LogP) is 3.98. The summed E-state index contributed by atoms with van der Waals surface area (Å²) in [4.78, 5) is 16.3. The van der Waals surface area contributed by atoms with Crippen LogP contribution in [0.2, 0.25) is 0 Å². The van der Waals surface area contributed by atoms with Gasteiger partial charge < -0.3 is 9.30 Å². The van der Waals surface area contributed by atoms with Crippen LogP contribution in [0.3, 0.4) is 0 Å². The number of nitrogens with zero attached hydrogens (tertiary/aromatic N) is 2. The zero-order chi connectivity index (χ0) is 22.9. The largest absolute Gasteiger partial charge is 0.436 e. The normalized spacial score (nSPS) is 11.6. The maximum absolute atomic E-state index is 14.0. The van der Waals surface area contributed by atoms with Gasteiger partial charge in [0.15, 0.2) is 11.6 Å². The standard InChI is InChI=1S/C21H21F2N3O4S/c1-12(2)31(28,29)25-16-9-18(14-7-13(3)21(27)26(4)11-14)24-20(10-16)30-19-6-5-15(22)8-17(19)23/h5-12H,1-4H3,(H,24,25). The Bertz CT molecular complexity index is 1280. The second kappa shape index (κ2) is 8.46. The van der Waals surface area contributed by atoms with Gasteiger partial charge in [0.25, 0.3) is 5.56 Å². The van der Waals surface area contributed by atoms with E-state index in [1.165, 1.54) is 30.5 Å². The van der Waals surface area contributed by atoms with Gasteiger partial charge in [0.2, 0.25) is 15.9 Å². The van der Waals surface area contributed by atoms with Gasteiger partial charge in [0.05, 0.1) is 16.6 Å². The lowest BCUT2D eigenvalue weighted by Crippen LogP contribution is -2.22. The molecule has 0 aliphatic heterocycles. The van der Waals surface area contributed by atoms with E-state index in [4.69, 9.17) is 4.74 Å². The molecule has 0 amide bonds. The van der Waals surface area contributed by atoms with Gasteiger partial charge in [-0.2, -0.15) is 0 Å². The molecule has 7 nitrogen and oxygen atoms in total. The van der Waals surface area contributed by atoms with Gasteiger partial charge in [-0.25, -0.2) is 22.2 Å². The third kappa shape index (κ3) is 5.08. The molecule has 0 fully saturated rings. The van der Waals surface area contributed by atoms with Crippen LogP contribution in [0, 0.1) is 18.6 Å². The monoisotopic (exact) mass is 449 g/mol. The molecule has 164 valence electrons. The number of hydrogen-bond acceptors (Lipinski definition) is 5. The summed E-state index contributed by atoms with van der Waals surface area (Å²) in [6.07, 6.45) is 1.54. The molecular weight excluding hydrogens is 428 g/mol. The fraction of sp³-hybridized carbons (Fsp3) is 0.238. The zero-order valence-corrected chi connectivity index (χ0v) is 18.1. The van der Waals surface area contributed by atoms with Crippen LogP contribution in [0.15, 0.2) is 47.4 Å². The van der Waals surface area contributed by atoms with Gasteiger partial charge in [-0.1, -0.05) is 0 Å². The second-order valence-electron chi connectivity index (χ2n) is 7.28. The number of halogens is 2. The van der Waals surface area contributed by atoms with Gasteiger partial charge in [-0.15, -0.1) is 0 Å². The molecule has 0 saturated carbocycles. The summed E-state index contributed by atoms with van der Waals surface area (Å²) in [6.45, 7) is 4.68. The first-order chi connectivity index (χ1) is 14.5. The van der Waals surface area contributed by atoms with Crippen LogP contribution < -0.4 is 15.0 Å². The Kier molecular flexibility index (Phi) is 6.12. The number of nitrogens with one attached hydrogen (secondary N) is 1. The van der Waals surface area contributed by atoms with E-state index in [0.29, 0.717) is 22.9 Å². The first-order valence-corrected chi connectivity index (χ1v) is 10.8. The summed E-state index contributed by atoms with van der Waals surface area (Å²) in [7, 11) is -2.11. The highest BCUT2D eigenvalue weighted by atomic mass is 32.2. The molecule has 0 unspecified atom stereocenters. The quantitative estimate of drug-likeness (QED) is 0.615. The number of pyridine rings is 2. The molecule has 10 heteroatoms. The van der Waals surface area contributed by atoms with Crippen LogP contribution in [-0.4, -0.2) is 23.2 Å². The molecular formula is C21H21F2N3O4S. The lowest BCUT2D eigenvalue weighted by atomic mass is 10.1. The van der Waals surface area contributed by atoms with E-state index in [-0.39, 0.29) is 22.9 Å². The van der Waals surface area contributed by atoms with Crippen LogP contribution in [-0.2, 0) is 17.1 Å². The number of hydrogen-bond donors (Lipinski definition) is 1. The highest BCUT2D eigenvalue weighted by Gasteiger charge is 2.18. The molecule has 0 aliphatic carbocycles. The predicted molar refractivity (Wildman–Crippen MR) is 114 cm³/mol. The number of benzene rings is 1. The van der Waals surface area contributed by atoms with Crippen LogP contribution in [0.5, 0.6) is 11.6 Å². The molecule has 0 aliphatic rings. The zero-order valence-electron chi connectivity index (χ0n) is 17.3. The Morgan fingerprint density at radius 3 is 2.45 bits per heavy atom. The Morgan fingerprint density at radius 1 is 1.13 bits per heavy atom. The Labute approximate surface area is 178 Å². The number of aromatic nitrogens is 2. The van der Waals surface area contributed by atoms with E-state index in [0.717, 1.165) is 12.1 Å². The Balaban J connectivity index is 2.13. The molecule has 0 saturated heterocycles. The average molecular weight is 449 g/mol. The molecule has 0 bridgehead atoms. The SMILES string of the molecule is Cc1cc(-c2cc(NS(=O)(=O)C(C)C)cc(Oc3ccc(F)cc3F)n2)cn(C)c1=O. The number of aryl methyl sites for hydroxylation is 2. The number of anilines is 1. The van der Waals surface area contributed by atoms with Gasteiger partial charge in [-0.3, -0.25) is 9.52 Å². The minimum absolute atomic E-state index is 0.115. The number of ether oxygens (including phenoxy) is 1. The van der Waals surface area contributed by atoms with E-state index < -0.39 is 26.9 Å². The third-order valence-electron chi connectivity index (χ3n) is 4.45. The van der Waals surface area contributed by atoms with Crippen molar-refractivity contribution in [3.8, 4) is 22.9 Å². The molecule has 3 aromatic rings. The number of rotatable bonds is 6. The molecule has 0 spiro atoms. The summed E-state index contributed by atoms with van der Waals surface area (Å²) in [5.41, 5.74) is 1.23. The lowest BCUT2D eigenvalue weighted by molar-refractivity contribution is 0.424. The Morgan fingerprint density at radius 2 is 1.84 bits per heavy atom. The van der Waals surface area contributed by atoms with Crippen molar-refractivity contribution in [2.24, 2.45) is 7.05 Å². The molecule has 0 atom stereocenters. The fourth-order valence-corrected chi connectivity index (χ4v) is 3.42. The average Bonchev–Trinajstić information content (AvgIpc) is 2.67. The van der Waals surface area contributed by atoms with E-state index in [2.05, 4.69) is 9.71 Å². The number of sulfonamides is 1. The maximum atomic E-state index is 14.0. The Hall–Kier alpha value is -3.27. The second-order valence-corrected chi connectivity index (χ2v) is 9.52. The molecule has 2 aromatic heterocycles. The topological polar surface area (TPSA) is 90.3 Å². The fourth-order valence-electron chi connectivity index (χ4n) is 2.73. The van der Waals surface area contributed by atoms with E-state index in [9.17, 15) is 22.0 Å². The molecule has 1 aromatic carbocycles. The molecule has 31 heavy (non-hydrogen) atoms. The van der Waals surface area contributed by atoms with Crippen LogP contribution in [0.25, 0.3) is 11.3 Å². The van der Waals surface area contributed by atoms with Crippen molar-refractivity contribution in [3.05, 3.63) is 70.1 Å². The molecule has 3 rings (SSSR count). The smallest absolute Gasteiger partial charge is 0.253 e. The van der Waals surface area contributed by atoms with Crippen molar-refractivity contribution in [1.29, 1.82) is 0 Å². The maximum Gasteiger partial charge on any atom is 0.253 e. The van der Waals surface area contributed by atoms with Crippen molar-refractivity contribution in [2.75, 3.05) is 4.72 Å². The van der Waals surface area contributed by atoms with Gasteiger partial charge in [-0.05, 0) is 45.0 Å². The highest BCUT2D eigenvalue weighted by molar-refractivity contribution is 7.93. The van der Waals surface area contributed by atoms with Crippen molar-refractivity contribution >= 4 is 15.7 Å². The van der Waals surface area contributed by atoms with E-state index in [1.54, 1.807) is 26.2 Å². The summed E-state index contributed by atoms with van der Waals surface area (Å²) in [5, 5.41) is -0.706. The van der Waals surface area contributed by atoms with Crippen LogP contribution in [0.1, 0.15) is 19.4 Å².